The molecule has 3 aliphatic carbocycles. The van der Waals surface area contributed by atoms with Crippen LogP contribution in [0.4, 0.5) is 4.79 Å². The fraction of sp³-hybridized carbons (Fsp3) is 0.781. The fourth-order valence-electron chi connectivity index (χ4n) is 6.61. The van der Waals surface area contributed by atoms with Crippen LogP contribution in [0.2, 0.25) is 0 Å². The molecule has 5 unspecified atom stereocenters. The van der Waals surface area contributed by atoms with E-state index in [4.69, 9.17) is 14.2 Å². The molecule has 0 spiro atoms. The summed E-state index contributed by atoms with van der Waals surface area (Å²) >= 11 is 0. The maximum Gasteiger partial charge on any atom is 0.408 e. The van der Waals surface area contributed by atoms with Gasteiger partial charge in [0.2, 0.25) is 21.8 Å². The second-order valence-electron chi connectivity index (χ2n) is 14.4. The fourth-order valence-corrected chi connectivity index (χ4v) is 7.97. The first-order valence-corrected chi connectivity index (χ1v) is 18.4. The number of nitrogens with zero attached hydrogens (tertiary/aromatic N) is 1. The molecule has 4 amide bonds. The zero-order valence-electron chi connectivity index (χ0n) is 27.5. The van der Waals surface area contributed by atoms with E-state index in [-0.39, 0.29) is 50.9 Å². The number of amides is 4. The molecule has 5 atom stereocenters. The molecule has 3 N–H and O–H groups in total. The summed E-state index contributed by atoms with van der Waals surface area (Å²) < 4.78 is 44.5. The number of nitrogens with one attached hydrogen (secondary N) is 3. The van der Waals surface area contributed by atoms with Gasteiger partial charge in [0.15, 0.2) is 0 Å². The van der Waals surface area contributed by atoms with Crippen LogP contribution in [-0.4, -0.2) is 97.4 Å². The lowest BCUT2D eigenvalue weighted by Gasteiger charge is -2.30. The Kier molecular flexibility index (Phi) is 10.5. The third-order valence-corrected chi connectivity index (χ3v) is 11.2. The average Bonchev–Trinajstić information content (AvgIpc) is 3.92. The van der Waals surface area contributed by atoms with E-state index in [1.54, 1.807) is 32.9 Å². The Morgan fingerprint density at radius 3 is 2.45 bits per heavy atom. The second kappa shape index (κ2) is 14.1. The van der Waals surface area contributed by atoms with Gasteiger partial charge in [0.25, 0.3) is 5.91 Å². The first-order chi connectivity index (χ1) is 22.2. The number of carbonyl (C=O) groups excluding carboxylic acids is 5. The summed E-state index contributed by atoms with van der Waals surface area (Å²) in [6, 6.07) is -2.22. The lowest BCUT2D eigenvalue weighted by molar-refractivity contribution is -0.155. The van der Waals surface area contributed by atoms with E-state index in [1.807, 2.05) is 0 Å². The molecular formula is C32H48N4O10S. The van der Waals surface area contributed by atoms with Crippen molar-refractivity contribution in [1.29, 1.82) is 0 Å². The number of sulfonamides is 1. The highest BCUT2D eigenvalue weighted by molar-refractivity contribution is 7.91. The number of hydrogen-bond donors (Lipinski definition) is 3. The molecule has 4 fully saturated rings. The molecule has 0 aromatic rings. The van der Waals surface area contributed by atoms with Crippen molar-refractivity contribution in [2.75, 3.05) is 19.8 Å². The molecule has 0 aromatic carbocycles. The molecule has 14 nitrogen and oxygen atoms in total. The van der Waals surface area contributed by atoms with Crippen molar-refractivity contribution < 1.29 is 46.6 Å². The number of ether oxygens (including phenoxy) is 3. The van der Waals surface area contributed by atoms with Gasteiger partial charge in [-0.1, -0.05) is 31.4 Å². The molecule has 0 aromatic heterocycles. The van der Waals surface area contributed by atoms with Crippen molar-refractivity contribution in [2.24, 2.45) is 11.8 Å². The predicted molar refractivity (Wildman–Crippen MR) is 168 cm³/mol. The molecule has 2 heterocycles. The standard InChI is InChI=1S/C32H48N4O10S/c1-31(2,3)46-30(41)33-24-12-8-16-44-15-7-11-21-18-32(21,29(40)35-47(42,43)23-13-14-23)34-26(37)25-17-22(19-36(25)27(24)38)45-28(39)20-9-5-4-6-10-20/h7,11,20-25H,4-6,8-10,12-19H2,1-3H3,(H,33,41)(H,34,37)(H,35,40)/b11-7+. The largest absolute Gasteiger partial charge is 0.460 e. The third kappa shape index (κ3) is 8.84. The number of alkyl carbamates (subject to hydrolysis) is 1. The Morgan fingerprint density at radius 1 is 1.04 bits per heavy atom. The van der Waals surface area contributed by atoms with Crippen molar-refractivity contribution in [3.8, 4) is 0 Å². The van der Waals surface area contributed by atoms with Gasteiger partial charge in [0.1, 0.15) is 29.3 Å². The highest BCUT2D eigenvalue weighted by atomic mass is 32.2. The van der Waals surface area contributed by atoms with E-state index in [1.165, 1.54) is 4.90 Å². The molecule has 2 aliphatic heterocycles. The van der Waals surface area contributed by atoms with Crippen molar-refractivity contribution in [1.82, 2.24) is 20.3 Å². The van der Waals surface area contributed by atoms with Gasteiger partial charge in [-0.05, 0) is 65.7 Å². The molecule has 15 heteroatoms. The van der Waals surface area contributed by atoms with Crippen LogP contribution in [0.1, 0.15) is 91.4 Å². The minimum atomic E-state index is -3.90. The molecule has 5 aliphatic rings. The number of fused-ring (bicyclic) bond motifs is 2. The van der Waals surface area contributed by atoms with Gasteiger partial charge in [0, 0.05) is 18.9 Å². The van der Waals surface area contributed by atoms with Crippen LogP contribution in [0.3, 0.4) is 0 Å². The highest BCUT2D eigenvalue weighted by Gasteiger charge is 2.62. The molecule has 0 bridgehead atoms. The van der Waals surface area contributed by atoms with Crippen LogP contribution >= 0.6 is 0 Å². The van der Waals surface area contributed by atoms with Gasteiger partial charge >= 0.3 is 12.1 Å². The van der Waals surface area contributed by atoms with Crippen LogP contribution < -0.4 is 15.4 Å². The predicted octanol–water partition coefficient (Wildman–Crippen LogP) is 1.82. The zero-order chi connectivity index (χ0) is 34.0. The zero-order valence-corrected chi connectivity index (χ0v) is 28.3. The van der Waals surface area contributed by atoms with Crippen LogP contribution in [0.5, 0.6) is 0 Å². The van der Waals surface area contributed by atoms with Gasteiger partial charge in [-0.15, -0.1) is 0 Å². The van der Waals surface area contributed by atoms with Crippen molar-refractivity contribution >= 4 is 39.8 Å². The normalized spacial score (nSPS) is 31.6. The number of carbonyl (C=O) groups is 5. The van der Waals surface area contributed by atoms with E-state index >= 15 is 0 Å². The quantitative estimate of drug-likeness (QED) is 0.276. The first kappa shape index (κ1) is 35.1. The Bertz CT molecular complexity index is 1370. The molecule has 262 valence electrons. The molecule has 47 heavy (non-hydrogen) atoms. The van der Waals surface area contributed by atoms with E-state index in [9.17, 15) is 32.4 Å². The summed E-state index contributed by atoms with van der Waals surface area (Å²) in [6.45, 7) is 5.48. The van der Waals surface area contributed by atoms with Gasteiger partial charge in [-0.3, -0.25) is 23.9 Å². The summed E-state index contributed by atoms with van der Waals surface area (Å²) in [5.41, 5.74) is -2.37. The Balaban J connectivity index is 1.40. The van der Waals surface area contributed by atoms with Crippen molar-refractivity contribution in [3.05, 3.63) is 12.2 Å². The maximum absolute atomic E-state index is 14.1. The number of hydrogen-bond acceptors (Lipinski definition) is 10. The first-order valence-electron chi connectivity index (χ1n) is 16.8. The van der Waals surface area contributed by atoms with Crippen LogP contribution in [-0.2, 0) is 43.4 Å². The topological polar surface area (TPSA) is 187 Å². The van der Waals surface area contributed by atoms with Crippen molar-refractivity contribution in [3.63, 3.8) is 0 Å². The minimum absolute atomic E-state index is 0.0170. The van der Waals surface area contributed by atoms with Crippen LogP contribution in [0, 0.1) is 11.8 Å². The minimum Gasteiger partial charge on any atom is -0.460 e. The van der Waals surface area contributed by atoms with E-state index in [0.29, 0.717) is 19.3 Å². The molecule has 1 saturated heterocycles. The molecule has 3 saturated carbocycles. The Morgan fingerprint density at radius 2 is 1.77 bits per heavy atom. The van der Waals surface area contributed by atoms with Gasteiger partial charge < -0.3 is 29.7 Å². The van der Waals surface area contributed by atoms with Crippen LogP contribution in [0.25, 0.3) is 0 Å². The van der Waals surface area contributed by atoms with E-state index < -0.39 is 74.3 Å². The lowest BCUT2D eigenvalue weighted by atomic mass is 9.89. The summed E-state index contributed by atoms with van der Waals surface area (Å²) in [7, 11) is -3.90. The Labute approximate surface area is 276 Å². The summed E-state index contributed by atoms with van der Waals surface area (Å²) in [5, 5.41) is 4.79. The second-order valence-corrected chi connectivity index (χ2v) is 16.4. The molecule has 0 radical (unpaired) electrons. The Hall–Kier alpha value is -3.20. The summed E-state index contributed by atoms with van der Waals surface area (Å²) in [6.07, 6.45) is 7.86. The number of esters is 1. The highest BCUT2D eigenvalue weighted by Crippen LogP contribution is 2.46. The van der Waals surface area contributed by atoms with Crippen molar-refractivity contribution in [2.45, 2.75) is 126 Å². The third-order valence-electron chi connectivity index (χ3n) is 9.39. The monoisotopic (exact) mass is 680 g/mol. The van der Waals surface area contributed by atoms with Gasteiger partial charge in [-0.2, -0.15) is 0 Å². The molecular weight excluding hydrogens is 632 g/mol. The van der Waals surface area contributed by atoms with E-state index in [0.717, 1.165) is 32.1 Å². The summed E-state index contributed by atoms with van der Waals surface area (Å²) in [5.74, 6) is -3.18. The number of rotatable bonds is 6. The van der Waals surface area contributed by atoms with Gasteiger partial charge in [0.05, 0.1) is 24.3 Å². The maximum atomic E-state index is 14.1. The molecule has 5 rings (SSSR count). The SMILES string of the molecule is CC(C)(C)OC(=O)NC1CCCOC/C=C/C2CC2(C(=O)NS(=O)(=O)C2CC2)NC(=O)C2CC(OC(=O)C3CCCCC3)CN2C1=O. The smallest absolute Gasteiger partial charge is 0.408 e. The van der Waals surface area contributed by atoms with Crippen LogP contribution in [0.15, 0.2) is 12.2 Å². The lowest BCUT2D eigenvalue weighted by Crippen LogP contribution is -2.58. The average molecular weight is 681 g/mol. The van der Waals surface area contributed by atoms with Gasteiger partial charge in [-0.25, -0.2) is 13.2 Å². The van der Waals surface area contributed by atoms with E-state index in [2.05, 4.69) is 15.4 Å². The summed E-state index contributed by atoms with van der Waals surface area (Å²) in [4.78, 5) is 68.8.